The first-order valence-electron chi connectivity index (χ1n) is 8.36. The van der Waals surface area contributed by atoms with Crippen LogP contribution in [-0.2, 0) is 4.79 Å². The molecule has 1 unspecified atom stereocenters. The number of hydrogen-bond acceptors (Lipinski definition) is 2. The molecule has 1 aromatic rings. The van der Waals surface area contributed by atoms with Crippen molar-refractivity contribution in [1.29, 1.82) is 0 Å². The molecule has 1 fully saturated rings. The number of para-hydroxylation sites is 1. The van der Waals surface area contributed by atoms with Crippen LogP contribution in [0.3, 0.4) is 0 Å². The molecule has 1 aliphatic heterocycles. The lowest BCUT2D eigenvalue weighted by atomic mass is 9.95. The fourth-order valence-corrected chi connectivity index (χ4v) is 3.88. The summed E-state index contributed by atoms with van der Waals surface area (Å²) in [6.45, 7) is 0.839. The average Bonchev–Trinajstić information content (AvgIpc) is 3.05. The molecule has 0 radical (unpaired) electrons. The predicted molar refractivity (Wildman–Crippen MR) is 86.4 cm³/mol. The number of fused-ring (bicyclic) bond motifs is 1. The highest BCUT2D eigenvalue weighted by atomic mass is 16.2. The number of nitrogens with one attached hydrogen (secondary N) is 1. The third kappa shape index (κ3) is 3.13. The number of rotatable bonds is 4. The van der Waals surface area contributed by atoms with E-state index in [4.69, 9.17) is 0 Å². The molecule has 1 N–H and O–H groups in total. The molecule has 0 aromatic heterocycles. The predicted octanol–water partition coefficient (Wildman–Crippen LogP) is 3.65. The van der Waals surface area contributed by atoms with E-state index in [2.05, 4.69) is 23.5 Å². The van der Waals surface area contributed by atoms with Gasteiger partial charge in [-0.1, -0.05) is 43.9 Å². The molecule has 3 rings (SSSR count). The second-order valence-corrected chi connectivity index (χ2v) is 6.42. The Hall–Kier alpha value is -1.35. The monoisotopic (exact) mass is 286 g/mol. The number of nitrogens with zero attached hydrogens (tertiary/aromatic N) is 1. The van der Waals surface area contributed by atoms with E-state index in [0.717, 1.165) is 31.0 Å². The van der Waals surface area contributed by atoms with Crippen LogP contribution in [0, 0.1) is 5.92 Å². The summed E-state index contributed by atoms with van der Waals surface area (Å²) in [5.41, 5.74) is 2.37. The van der Waals surface area contributed by atoms with Crippen LogP contribution in [0.2, 0.25) is 0 Å². The van der Waals surface area contributed by atoms with Crippen molar-refractivity contribution in [2.75, 3.05) is 18.5 Å². The molecule has 0 spiro atoms. The summed E-state index contributed by atoms with van der Waals surface area (Å²) in [5, 5.41) is 3.36. The lowest BCUT2D eigenvalue weighted by molar-refractivity contribution is -0.119. The fraction of sp³-hybridized carbons (Fsp3) is 0.611. The van der Waals surface area contributed by atoms with Crippen LogP contribution in [0.15, 0.2) is 24.3 Å². The van der Waals surface area contributed by atoms with Crippen LogP contribution >= 0.6 is 0 Å². The fourth-order valence-electron chi connectivity index (χ4n) is 3.88. The van der Waals surface area contributed by atoms with Crippen molar-refractivity contribution in [2.45, 2.75) is 51.0 Å². The Balaban J connectivity index is 1.68. The molecule has 114 valence electrons. The van der Waals surface area contributed by atoms with E-state index in [1.165, 1.54) is 31.2 Å². The third-order valence-electron chi connectivity index (χ3n) is 5.14. The van der Waals surface area contributed by atoms with Gasteiger partial charge in [0.05, 0.1) is 0 Å². The molecule has 1 heterocycles. The van der Waals surface area contributed by atoms with Gasteiger partial charge in [-0.15, -0.1) is 0 Å². The minimum absolute atomic E-state index is 0.309. The minimum Gasteiger partial charge on any atom is -0.313 e. The Morgan fingerprint density at radius 3 is 2.76 bits per heavy atom. The van der Waals surface area contributed by atoms with E-state index < -0.39 is 0 Å². The lowest BCUT2D eigenvalue weighted by Gasteiger charge is -2.34. The molecule has 2 aliphatic rings. The molecule has 0 bridgehead atoms. The summed E-state index contributed by atoms with van der Waals surface area (Å²) in [5.74, 6) is 1.10. The zero-order chi connectivity index (χ0) is 14.7. The van der Waals surface area contributed by atoms with Crippen molar-refractivity contribution >= 4 is 11.6 Å². The molecule has 3 nitrogen and oxygen atoms in total. The van der Waals surface area contributed by atoms with Crippen molar-refractivity contribution in [3.05, 3.63) is 29.8 Å². The van der Waals surface area contributed by atoms with Gasteiger partial charge in [-0.25, -0.2) is 0 Å². The Morgan fingerprint density at radius 1 is 1.24 bits per heavy atom. The molecular formula is C18H26N2O. The number of anilines is 1. The van der Waals surface area contributed by atoms with Crippen molar-refractivity contribution in [2.24, 2.45) is 5.92 Å². The van der Waals surface area contributed by atoms with Crippen LogP contribution in [-0.4, -0.2) is 19.5 Å². The first-order chi connectivity index (χ1) is 10.3. The van der Waals surface area contributed by atoms with E-state index in [9.17, 15) is 4.79 Å². The molecule has 1 saturated carbocycles. The Labute approximate surface area is 127 Å². The van der Waals surface area contributed by atoms with Gasteiger partial charge in [0, 0.05) is 24.7 Å². The zero-order valence-corrected chi connectivity index (χ0v) is 13.0. The maximum atomic E-state index is 12.6. The van der Waals surface area contributed by atoms with Gasteiger partial charge in [-0.3, -0.25) is 4.79 Å². The van der Waals surface area contributed by atoms with Crippen molar-refractivity contribution in [3.8, 4) is 0 Å². The van der Waals surface area contributed by atoms with Gasteiger partial charge >= 0.3 is 0 Å². The molecule has 1 aromatic carbocycles. The standard InChI is InChI=1S/C18H26N2O/c1-19-16-12-13-20(17-9-5-4-8-15(16)17)18(21)11-10-14-6-2-3-7-14/h4-5,8-9,14,16,19H,2-3,6-7,10-13H2,1H3. The normalized spacial score (nSPS) is 22.3. The van der Waals surface area contributed by atoms with E-state index in [0.29, 0.717) is 18.4 Å². The van der Waals surface area contributed by atoms with Crippen LogP contribution < -0.4 is 10.2 Å². The number of carbonyl (C=O) groups excluding carboxylic acids is 1. The summed E-state index contributed by atoms with van der Waals surface area (Å²) in [4.78, 5) is 14.6. The summed E-state index contributed by atoms with van der Waals surface area (Å²) in [7, 11) is 2.00. The highest BCUT2D eigenvalue weighted by Gasteiger charge is 2.27. The van der Waals surface area contributed by atoms with Gasteiger partial charge in [-0.05, 0) is 37.4 Å². The van der Waals surface area contributed by atoms with Gasteiger partial charge in [-0.2, -0.15) is 0 Å². The van der Waals surface area contributed by atoms with Gasteiger partial charge in [0.2, 0.25) is 5.91 Å². The van der Waals surface area contributed by atoms with Crippen molar-refractivity contribution < 1.29 is 4.79 Å². The number of benzene rings is 1. The second-order valence-electron chi connectivity index (χ2n) is 6.42. The lowest BCUT2D eigenvalue weighted by Crippen LogP contribution is -2.39. The quantitative estimate of drug-likeness (QED) is 0.916. The molecule has 1 aliphatic carbocycles. The molecule has 1 atom stereocenters. The second kappa shape index (κ2) is 6.61. The van der Waals surface area contributed by atoms with Gasteiger partial charge < -0.3 is 10.2 Å². The highest BCUT2D eigenvalue weighted by Crippen LogP contribution is 2.34. The summed E-state index contributed by atoms with van der Waals surface area (Å²) >= 11 is 0. The van der Waals surface area contributed by atoms with E-state index >= 15 is 0 Å². The van der Waals surface area contributed by atoms with E-state index in [1.807, 2.05) is 18.0 Å². The number of hydrogen-bond donors (Lipinski definition) is 1. The smallest absolute Gasteiger partial charge is 0.226 e. The van der Waals surface area contributed by atoms with Crippen LogP contribution in [0.25, 0.3) is 0 Å². The average molecular weight is 286 g/mol. The molecule has 3 heteroatoms. The number of amides is 1. The molecule has 21 heavy (non-hydrogen) atoms. The maximum absolute atomic E-state index is 12.6. The van der Waals surface area contributed by atoms with Crippen molar-refractivity contribution in [3.63, 3.8) is 0 Å². The Kier molecular flexibility index (Phi) is 4.59. The van der Waals surface area contributed by atoms with Gasteiger partial charge in [0.25, 0.3) is 0 Å². The van der Waals surface area contributed by atoms with Crippen molar-refractivity contribution in [1.82, 2.24) is 5.32 Å². The largest absolute Gasteiger partial charge is 0.313 e. The SMILES string of the molecule is CNC1CCN(C(=O)CCC2CCCC2)c2ccccc21. The Morgan fingerprint density at radius 2 is 2.00 bits per heavy atom. The van der Waals surface area contributed by atoms with Gasteiger partial charge in [0.1, 0.15) is 0 Å². The highest BCUT2D eigenvalue weighted by molar-refractivity contribution is 5.94. The van der Waals surface area contributed by atoms with Gasteiger partial charge in [0.15, 0.2) is 0 Å². The Bertz CT molecular complexity index is 494. The minimum atomic E-state index is 0.309. The molecular weight excluding hydrogens is 260 g/mol. The summed E-state index contributed by atoms with van der Waals surface area (Å²) < 4.78 is 0. The van der Waals surface area contributed by atoms with Crippen LogP contribution in [0.5, 0.6) is 0 Å². The maximum Gasteiger partial charge on any atom is 0.226 e. The first kappa shape index (κ1) is 14.6. The summed E-state index contributed by atoms with van der Waals surface area (Å²) in [6.07, 6.45) is 8.15. The van der Waals surface area contributed by atoms with E-state index in [-0.39, 0.29) is 0 Å². The topological polar surface area (TPSA) is 32.3 Å². The van der Waals surface area contributed by atoms with Crippen LogP contribution in [0.4, 0.5) is 5.69 Å². The van der Waals surface area contributed by atoms with E-state index in [1.54, 1.807) is 0 Å². The first-order valence-corrected chi connectivity index (χ1v) is 8.36. The molecule has 0 saturated heterocycles. The zero-order valence-electron chi connectivity index (χ0n) is 13.0. The number of carbonyl (C=O) groups is 1. The third-order valence-corrected chi connectivity index (χ3v) is 5.14. The molecule has 1 amide bonds. The van der Waals surface area contributed by atoms with Crippen LogP contribution in [0.1, 0.15) is 56.6 Å². The summed E-state index contributed by atoms with van der Waals surface area (Å²) in [6, 6.07) is 8.71.